The van der Waals surface area contributed by atoms with Gasteiger partial charge in [-0.15, -0.1) is 0 Å². The van der Waals surface area contributed by atoms with Crippen molar-refractivity contribution in [1.82, 2.24) is 4.72 Å². The lowest BCUT2D eigenvalue weighted by Crippen LogP contribution is -2.25. The summed E-state index contributed by atoms with van der Waals surface area (Å²) in [6.07, 6.45) is 6.66. The van der Waals surface area contributed by atoms with Gasteiger partial charge in [-0.2, -0.15) is 5.26 Å². The van der Waals surface area contributed by atoms with E-state index in [2.05, 4.69) is 10.8 Å². The molecule has 1 aromatic rings. The Labute approximate surface area is 120 Å². The molecule has 0 bridgehead atoms. The maximum atomic E-state index is 12.1. The highest BCUT2D eigenvalue weighted by Gasteiger charge is 2.13. The van der Waals surface area contributed by atoms with E-state index in [1.54, 1.807) is 24.3 Å². The summed E-state index contributed by atoms with van der Waals surface area (Å²) in [5, 5.41) is 8.58. The molecule has 0 aliphatic heterocycles. The molecular formula is C15H18N2O2S. The first-order valence-electron chi connectivity index (χ1n) is 6.75. The SMILES string of the molecule is N#CCc1ccc(S(=O)(=O)NCCC2=CCCC2)cc1. The number of hydrogen-bond donors (Lipinski definition) is 1. The van der Waals surface area contributed by atoms with Crippen LogP contribution in [0.1, 0.15) is 31.2 Å². The molecule has 0 radical (unpaired) electrons. The van der Waals surface area contributed by atoms with E-state index < -0.39 is 10.0 Å². The Morgan fingerprint density at radius 2 is 2.00 bits per heavy atom. The van der Waals surface area contributed by atoms with Crippen molar-refractivity contribution >= 4 is 10.0 Å². The Balaban J connectivity index is 1.93. The molecule has 0 aromatic heterocycles. The first-order valence-corrected chi connectivity index (χ1v) is 8.23. The summed E-state index contributed by atoms with van der Waals surface area (Å²) in [5.74, 6) is 0. The van der Waals surface area contributed by atoms with Gasteiger partial charge in [-0.05, 0) is 43.4 Å². The quantitative estimate of drug-likeness (QED) is 0.818. The molecule has 0 heterocycles. The number of nitriles is 1. The number of benzene rings is 1. The monoisotopic (exact) mass is 290 g/mol. The third kappa shape index (κ3) is 3.92. The summed E-state index contributed by atoms with van der Waals surface area (Å²) >= 11 is 0. The largest absolute Gasteiger partial charge is 0.240 e. The van der Waals surface area contributed by atoms with E-state index >= 15 is 0 Å². The van der Waals surface area contributed by atoms with Crippen molar-refractivity contribution in [3.05, 3.63) is 41.5 Å². The molecule has 0 saturated carbocycles. The van der Waals surface area contributed by atoms with Crippen molar-refractivity contribution in [3.8, 4) is 6.07 Å². The van der Waals surface area contributed by atoms with Crippen molar-refractivity contribution < 1.29 is 8.42 Å². The van der Waals surface area contributed by atoms with Crippen LogP contribution >= 0.6 is 0 Å². The fourth-order valence-electron chi connectivity index (χ4n) is 2.27. The van der Waals surface area contributed by atoms with Crippen LogP contribution in [0, 0.1) is 11.3 Å². The van der Waals surface area contributed by atoms with Gasteiger partial charge in [0.25, 0.3) is 0 Å². The standard InChI is InChI=1S/C15H18N2O2S/c16-11-9-14-5-7-15(8-6-14)20(18,19)17-12-10-13-3-1-2-4-13/h3,5-8,17H,1-2,4,9-10,12H2. The highest BCUT2D eigenvalue weighted by molar-refractivity contribution is 7.89. The van der Waals surface area contributed by atoms with Crippen LogP contribution in [0.4, 0.5) is 0 Å². The molecule has 0 spiro atoms. The molecule has 4 nitrogen and oxygen atoms in total. The van der Waals surface area contributed by atoms with E-state index in [0.717, 1.165) is 24.8 Å². The molecule has 2 rings (SSSR count). The van der Waals surface area contributed by atoms with E-state index in [0.29, 0.717) is 13.0 Å². The number of nitrogens with zero attached hydrogens (tertiary/aromatic N) is 1. The number of hydrogen-bond acceptors (Lipinski definition) is 3. The van der Waals surface area contributed by atoms with Gasteiger partial charge >= 0.3 is 0 Å². The van der Waals surface area contributed by atoms with Gasteiger partial charge < -0.3 is 0 Å². The van der Waals surface area contributed by atoms with Crippen LogP contribution in [0.25, 0.3) is 0 Å². The van der Waals surface area contributed by atoms with Crippen LogP contribution in [-0.2, 0) is 16.4 Å². The molecule has 0 fully saturated rings. The number of rotatable bonds is 6. The summed E-state index contributed by atoms with van der Waals surface area (Å²) in [6.45, 7) is 0.439. The molecule has 106 valence electrons. The maximum Gasteiger partial charge on any atom is 0.240 e. The zero-order valence-electron chi connectivity index (χ0n) is 11.3. The average Bonchev–Trinajstić information content (AvgIpc) is 2.93. The number of sulfonamides is 1. The van der Waals surface area contributed by atoms with Crippen molar-refractivity contribution in [2.24, 2.45) is 0 Å². The van der Waals surface area contributed by atoms with Crippen molar-refractivity contribution in [2.45, 2.75) is 37.0 Å². The third-order valence-corrected chi connectivity index (χ3v) is 4.87. The minimum absolute atomic E-state index is 0.250. The summed E-state index contributed by atoms with van der Waals surface area (Å²) in [6, 6.07) is 8.48. The van der Waals surface area contributed by atoms with E-state index in [9.17, 15) is 8.42 Å². The summed E-state index contributed by atoms with van der Waals surface area (Å²) in [4.78, 5) is 0.250. The molecule has 20 heavy (non-hydrogen) atoms. The lowest BCUT2D eigenvalue weighted by atomic mass is 10.2. The highest BCUT2D eigenvalue weighted by Crippen LogP contribution is 2.20. The minimum atomic E-state index is -3.44. The minimum Gasteiger partial charge on any atom is -0.211 e. The topological polar surface area (TPSA) is 70.0 Å². The first-order chi connectivity index (χ1) is 9.62. The van der Waals surface area contributed by atoms with E-state index in [-0.39, 0.29) is 4.90 Å². The van der Waals surface area contributed by atoms with Gasteiger partial charge in [0.2, 0.25) is 10.0 Å². The van der Waals surface area contributed by atoms with Crippen LogP contribution in [-0.4, -0.2) is 15.0 Å². The Hall–Kier alpha value is -1.64. The Kier molecular flexibility index (Phi) is 4.94. The van der Waals surface area contributed by atoms with E-state index in [1.807, 2.05) is 6.07 Å². The zero-order valence-corrected chi connectivity index (χ0v) is 12.1. The summed E-state index contributed by atoms with van der Waals surface area (Å²) in [7, 11) is -3.44. The molecule has 1 aromatic carbocycles. The summed E-state index contributed by atoms with van der Waals surface area (Å²) in [5.41, 5.74) is 2.17. The average molecular weight is 290 g/mol. The first kappa shape index (κ1) is 14.8. The molecule has 0 saturated heterocycles. The predicted molar refractivity (Wildman–Crippen MR) is 77.5 cm³/mol. The number of nitrogens with one attached hydrogen (secondary N) is 1. The molecular weight excluding hydrogens is 272 g/mol. The van der Waals surface area contributed by atoms with Crippen molar-refractivity contribution in [1.29, 1.82) is 5.26 Å². The molecule has 1 N–H and O–H groups in total. The fourth-order valence-corrected chi connectivity index (χ4v) is 3.30. The lowest BCUT2D eigenvalue weighted by molar-refractivity contribution is 0.581. The Morgan fingerprint density at radius 3 is 2.60 bits per heavy atom. The zero-order chi connectivity index (χ0) is 14.4. The van der Waals surface area contributed by atoms with Crippen LogP contribution in [0.15, 0.2) is 40.8 Å². The second-order valence-electron chi connectivity index (χ2n) is 4.88. The van der Waals surface area contributed by atoms with Crippen molar-refractivity contribution in [2.75, 3.05) is 6.54 Å². The van der Waals surface area contributed by atoms with Gasteiger partial charge in [-0.3, -0.25) is 0 Å². The van der Waals surface area contributed by atoms with Gasteiger partial charge in [-0.25, -0.2) is 13.1 Å². The predicted octanol–water partition coefficient (Wildman–Crippen LogP) is 2.53. The molecule has 0 amide bonds. The lowest BCUT2D eigenvalue weighted by Gasteiger charge is -2.07. The van der Waals surface area contributed by atoms with Crippen LogP contribution in [0.2, 0.25) is 0 Å². The Bertz CT molecular complexity index is 625. The van der Waals surface area contributed by atoms with Crippen molar-refractivity contribution in [3.63, 3.8) is 0 Å². The van der Waals surface area contributed by atoms with Crippen LogP contribution < -0.4 is 4.72 Å². The summed E-state index contributed by atoms with van der Waals surface area (Å²) < 4.78 is 26.8. The maximum absolute atomic E-state index is 12.1. The van der Waals surface area contributed by atoms with E-state index in [4.69, 9.17) is 5.26 Å². The second kappa shape index (κ2) is 6.69. The molecule has 0 unspecified atom stereocenters. The molecule has 5 heteroatoms. The van der Waals surface area contributed by atoms with Gasteiger partial charge in [0, 0.05) is 6.54 Å². The van der Waals surface area contributed by atoms with Gasteiger partial charge in [0.15, 0.2) is 0 Å². The highest BCUT2D eigenvalue weighted by atomic mass is 32.2. The van der Waals surface area contributed by atoms with Crippen LogP contribution in [0.5, 0.6) is 0 Å². The smallest absolute Gasteiger partial charge is 0.211 e. The molecule has 1 aliphatic carbocycles. The van der Waals surface area contributed by atoms with E-state index in [1.165, 1.54) is 12.0 Å². The fraction of sp³-hybridized carbons (Fsp3) is 0.400. The third-order valence-electron chi connectivity index (χ3n) is 3.39. The molecule has 1 aliphatic rings. The van der Waals surface area contributed by atoms with Gasteiger partial charge in [-0.1, -0.05) is 23.8 Å². The van der Waals surface area contributed by atoms with Gasteiger partial charge in [0.05, 0.1) is 17.4 Å². The Morgan fingerprint density at radius 1 is 1.25 bits per heavy atom. The number of allylic oxidation sites excluding steroid dienone is 1. The molecule has 0 atom stereocenters. The normalized spacial score (nSPS) is 14.8. The van der Waals surface area contributed by atoms with Crippen LogP contribution in [0.3, 0.4) is 0 Å². The van der Waals surface area contributed by atoms with Gasteiger partial charge in [0.1, 0.15) is 0 Å². The second-order valence-corrected chi connectivity index (χ2v) is 6.65.